The molecule has 1 nitrogen and oxygen atoms in total. The third-order valence-electron chi connectivity index (χ3n) is 3.34. The summed E-state index contributed by atoms with van der Waals surface area (Å²) >= 11 is 0. The molecule has 0 aliphatic heterocycles. The maximum absolute atomic E-state index is 13.1. The van der Waals surface area contributed by atoms with E-state index in [1.54, 1.807) is 12.1 Å². The van der Waals surface area contributed by atoms with E-state index in [1.165, 1.54) is 12.5 Å². The summed E-state index contributed by atoms with van der Waals surface area (Å²) < 4.78 is 13.1. The Hall–Kier alpha value is -0.890. The van der Waals surface area contributed by atoms with Crippen molar-refractivity contribution in [1.82, 2.24) is 0 Å². The molecular formula is C15H24FN. The van der Waals surface area contributed by atoms with Gasteiger partial charge < -0.3 is 5.73 Å². The number of benzene rings is 1. The standard InChI is InChI=1S/C15H24FN/c1-11(2)7-12(3)14(10-17)8-13-5-4-6-15(16)9-13/h4-6,9,11-12,14H,7-8,10,17H2,1-3H3. The van der Waals surface area contributed by atoms with Gasteiger partial charge in [0.25, 0.3) is 0 Å². The molecule has 0 aliphatic carbocycles. The van der Waals surface area contributed by atoms with Crippen LogP contribution in [0.2, 0.25) is 0 Å². The summed E-state index contributed by atoms with van der Waals surface area (Å²) in [5, 5.41) is 0. The van der Waals surface area contributed by atoms with Crippen molar-refractivity contribution in [2.24, 2.45) is 23.5 Å². The molecule has 0 fully saturated rings. The third kappa shape index (κ3) is 4.86. The van der Waals surface area contributed by atoms with E-state index in [1.807, 2.05) is 6.07 Å². The average Bonchev–Trinajstić information content (AvgIpc) is 2.24. The van der Waals surface area contributed by atoms with E-state index in [9.17, 15) is 4.39 Å². The quantitative estimate of drug-likeness (QED) is 0.803. The number of rotatable bonds is 6. The Morgan fingerprint density at radius 3 is 2.47 bits per heavy atom. The number of hydrogen-bond donors (Lipinski definition) is 1. The molecule has 17 heavy (non-hydrogen) atoms. The van der Waals surface area contributed by atoms with Crippen molar-refractivity contribution in [2.45, 2.75) is 33.6 Å². The summed E-state index contributed by atoms with van der Waals surface area (Å²) in [6.07, 6.45) is 2.05. The second-order valence-corrected chi connectivity index (χ2v) is 5.44. The van der Waals surface area contributed by atoms with Crippen molar-refractivity contribution in [3.8, 4) is 0 Å². The van der Waals surface area contributed by atoms with Crippen LogP contribution >= 0.6 is 0 Å². The molecule has 0 radical (unpaired) electrons. The van der Waals surface area contributed by atoms with Gasteiger partial charge in [-0.1, -0.05) is 32.9 Å². The molecule has 96 valence electrons. The summed E-state index contributed by atoms with van der Waals surface area (Å²) in [6, 6.07) is 6.85. The monoisotopic (exact) mass is 237 g/mol. The Balaban J connectivity index is 2.63. The lowest BCUT2D eigenvalue weighted by Gasteiger charge is -2.24. The van der Waals surface area contributed by atoms with E-state index < -0.39 is 0 Å². The fourth-order valence-electron chi connectivity index (χ4n) is 2.42. The average molecular weight is 237 g/mol. The molecule has 0 saturated heterocycles. The van der Waals surface area contributed by atoms with E-state index in [2.05, 4.69) is 20.8 Å². The molecule has 2 N–H and O–H groups in total. The van der Waals surface area contributed by atoms with Gasteiger partial charge in [-0.2, -0.15) is 0 Å². The van der Waals surface area contributed by atoms with Crippen LogP contribution in [0.4, 0.5) is 4.39 Å². The molecule has 0 saturated carbocycles. The van der Waals surface area contributed by atoms with Crippen LogP contribution in [0.15, 0.2) is 24.3 Å². The van der Waals surface area contributed by atoms with E-state index in [-0.39, 0.29) is 5.82 Å². The molecule has 1 aromatic rings. The summed E-state index contributed by atoms with van der Waals surface area (Å²) in [5.74, 6) is 1.56. The minimum Gasteiger partial charge on any atom is -0.330 e. The predicted octanol–water partition coefficient (Wildman–Crippen LogP) is 3.63. The van der Waals surface area contributed by atoms with Gasteiger partial charge >= 0.3 is 0 Å². The highest BCUT2D eigenvalue weighted by atomic mass is 19.1. The topological polar surface area (TPSA) is 26.0 Å². The van der Waals surface area contributed by atoms with Crippen molar-refractivity contribution in [3.63, 3.8) is 0 Å². The molecule has 0 aromatic heterocycles. The SMILES string of the molecule is CC(C)CC(C)C(CN)Cc1cccc(F)c1. The maximum atomic E-state index is 13.1. The first-order valence-corrected chi connectivity index (χ1v) is 6.47. The van der Waals surface area contributed by atoms with Crippen molar-refractivity contribution in [3.05, 3.63) is 35.6 Å². The largest absolute Gasteiger partial charge is 0.330 e. The molecular weight excluding hydrogens is 213 g/mol. The first kappa shape index (κ1) is 14.2. The van der Waals surface area contributed by atoms with Crippen LogP contribution < -0.4 is 5.73 Å². The van der Waals surface area contributed by atoms with Crippen LogP contribution in [0.25, 0.3) is 0 Å². The molecule has 0 aliphatic rings. The van der Waals surface area contributed by atoms with Crippen LogP contribution in [-0.4, -0.2) is 6.54 Å². The minimum atomic E-state index is -0.158. The molecule has 0 bridgehead atoms. The Morgan fingerprint density at radius 1 is 1.24 bits per heavy atom. The van der Waals surface area contributed by atoms with Crippen molar-refractivity contribution in [2.75, 3.05) is 6.54 Å². The summed E-state index contributed by atoms with van der Waals surface area (Å²) in [5.41, 5.74) is 6.89. The van der Waals surface area contributed by atoms with Gasteiger partial charge in [0.15, 0.2) is 0 Å². The van der Waals surface area contributed by atoms with Gasteiger partial charge in [-0.3, -0.25) is 0 Å². The van der Waals surface area contributed by atoms with Crippen LogP contribution in [0.3, 0.4) is 0 Å². The fourth-order valence-corrected chi connectivity index (χ4v) is 2.42. The Morgan fingerprint density at radius 2 is 1.94 bits per heavy atom. The maximum Gasteiger partial charge on any atom is 0.123 e. The first-order valence-electron chi connectivity index (χ1n) is 6.47. The number of nitrogens with two attached hydrogens (primary N) is 1. The Labute approximate surface area is 104 Å². The predicted molar refractivity (Wildman–Crippen MR) is 71.3 cm³/mol. The van der Waals surface area contributed by atoms with Gasteiger partial charge in [0.1, 0.15) is 5.82 Å². The van der Waals surface area contributed by atoms with Crippen LogP contribution in [0.5, 0.6) is 0 Å². The van der Waals surface area contributed by atoms with Gasteiger partial charge in [0.2, 0.25) is 0 Å². The van der Waals surface area contributed by atoms with Gasteiger partial charge in [-0.05, 0) is 54.8 Å². The van der Waals surface area contributed by atoms with Crippen molar-refractivity contribution < 1.29 is 4.39 Å². The summed E-state index contributed by atoms with van der Waals surface area (Å²) in [7, 11) is 0. The lowest BCUT2D eigenvalue weighted by molar-refractivity contribution is 0.307. The van der Waals surface area contributed by atoms with Gasteiger partial charge in [0, 0.05) is 0 Å². The molecule has 2 heteroatoms. The zero-order chi connectivity index (χ0) is 12.8. The lowest BCUT2D eigenvalue weighted by atomic mass is 9.83. The highest BCUT2D eigenvalue weighted by Gasteiger charge is 2.17. The first-order chi connectivity index (χ1) is 8.02. The minimum absolute atomic E-state index is 0.158. The molecule has 1 aromatic carbocycles. The van der Waals surface area contributed by atoms with E-state index in [0.29, 0.717) is 24.3 Å². The van der Waals surface area contributed by atoms with Crippen LogP contribution in [0.1, 0.15) is 32.8 Å². The van der Waals surface area contributed by atoms with E-state index >= 15 is 0 Å². The number of halogens is 1. The molecule has 1 rings (SSSR count). The summed E-state index contributed by atoms with van der Waals surface area (Å²) in [6.45, 7) is 7.37. The van der Waals surface area contributed by atoms with Gasteiger partial charge in [-0.15, -0.1) is 0 Å². The van der Waals surface area contributed by atoms with Crippen molar-refractivity contribution >= 4 is 0 Å². The zero-order valence-electron chi connectivity index (χ0n) is 11.1. The Bertz CT molecular complexity index is 335. The normalized spacial score (nSPS) is 14.9. The van der Waals surface area contributed by atoms with E-state index in [0.717, 1.165) is 12.0 Å². The fraction of sp³-hybridized carbons (Fsp3) is 0.600. The summed E-state index contributed by atoms with van der Waals surface area (Å²) in [4.78, 5) is 0. The molecule has 0 spiro atoms. The third-order valence-corrected chi connectivity index (χ3v) is 3.34. The van der Waals surface area contributed by atoms with Gasteiger partial charge in [0.05, 0.1) is 0 Å². The molecule has 2 atom stereocenters. The number of hydrogen-bond acceptors (Lipinski definition) is 1. The lowest BCUT2D eigenvalue weighted by Crippen LogP contribution is -2.25. The van der Waals surface area contributed by atoms with Gasteiger partial charge in [-0.25, -0.2) is 4.39 Å². The second kappa shape index (κ2) is 6.75. The molecule has 0 heterocycles. The van der Waals surface area contributed by atoms with Crippen LogP contribution in [-0.2, 0) is 6.42 Å². The van der Waals surface area contributed by atoms with Crippen LogP contribution in [0, 0.1) is 23.6 Å². The van der Waals surface area contributed by atoms with Crippen molar-refractivity contribution in [1.29, 1.82) is 0 Å². The van der Waals surface area contributed by atoms with E-state index in [4.69, 9.17) is 5.73 Å². The molecule has 0 amide bonds. The highest BCUT2D eigenvalue weighted by Crippen LogP contribution is 2.23. The Kier molecular flexibility index (Phi) is 5.63. The highest BCUT2D eigenvalue weighted by molar-refractivity contribution is 5.17. The zero-order valence-corrected chi connectivity index (χ0v) is 11.1. The second-order valence-electron chi connectivity index (χ2n) is 5.44. The smallest absolute Gasteiger partial charge is 0.123 e. The molecule has 2 unspecified atom stereocenters.